The van der Waals surface area contributed by atoms with Crippen molar-refractivity contribution in [3.05, 3.63) is 47.3 Å². The molecule has 28 heavy (non-hydrogen) atoms. The number of amides is 2. The van der Waals surface area contributed by atoms with Crippen LogP contribution >= 0.6 is 11.8 Å². The van der Waals surface area contributed by atoms with Crippen LogP contribution in [0.1, 0.15) is 23.2 Å². The molecule has 2 heterocycles. The number of aromatic nitrogens is 2. The Balaban J connectivity index is 1.62. The van der Waals surface area contributed by atoms with Crippen LogP contribution in [0.3, 0.4) is 0 Å². The molecule has 1 aliphatic rings. The summed E-state index contributed by atoms with van der Waals surface area (Å²) in [6.45, 7) is 4.47. The molecule has 0 aliphatic carbocycles. The van der Waals surface area contributed by atoms with Crippen LogP contribution in [0.2, 0.25) is 0 Å². The topological polar surface area (TPSA) is 79.3 Å². The van der Waals surface area contributed by atoms with E-state index < -0.39 is 6.04 Å². The van der Waals surface area contributed by atoms with Crippen molar-refractivity contribution in [2.75, 3.05) is 19.3 Å². The standard InChI is InChI=1S/C20H27N5O2S/c1-14-6-4-5-7-15(14)13-25-9-8-21-19(27)17(25)10-18(26)22-11-16-12-23-20(28-3)24(16)2/h4-7,12,17H,8-11,13H2,1-3H3,(H,21,27)(H,22,26)/t17-/m1/s1. The van der Waals surface area contributed by atoms with Crippen molar-refractivity contribution in [1.29, 1.82) is 0 Å². The van der Waals surface area contributed by atoms with Crippen molar-refractivity contribution in [3.8, 4) is 0 Å². The maximum Gasteiger partial charge on any atom is 0.237 e. The molecule has 3 rings (SSSR count). The molecule has 150 valence electrons. The van der Waals surface area contributed by atoms with Gasteiger partial charge in [0.1, 0.15) is 0 Å². The molecule has 0 bridgehead atoms. The maximum absolute atomic E-state index is 12.5. The second-order valence-corrected chi connectivity index (χ2v) is 7.75. The van der Waals surface area contributed by atoms with Crippen LogP contribution in [0.5, 0.6) is 0 Å². The number of nitrogens with zero attached hydrogens (tertiary/aromatic N) is 3. The van der Waals surface area contributed by atoms with Crippen molar-refractivity contribution < 1.29 is 9.59 Å². The van der Waals surface area contributed by atoms with E-state index >= 15 is 0 Å². The van der Waals surface area contributed by atoms with Crippen LogP contribution in [0, 0.1) is 6.92 Å². The van der Waals surface area contributed by atoms with E-state index in [1.54, 1.807) is 18.0 Å². The molecule has 0 radical (unpaired) electrons. The molecule has 1 saturated heterocycles. The molecule has 0 spiro atoms. The highest BCUT2D eigenvalue weighted by Crippen LogP contribution is 2.17. The number of nitrogens with one attached hydrogen (secondary N) is 2. The van der Waals surface area contributed by atoms with E-state index in [1.165, 1.54) is 11.1 Å². The third kappa shape index (κ3) is 4.74. The first-order valence-electron chi connectivity index (χ1n) is 9.37. The molecule has 1 fully saturated rings. The minimum atomic E-state index is -0.457. The number of imidazole rings is 1. The first-order valence-corrected chi connectivity index (χ1v) is 10.6. The predicted octanol–water partition coefficient (Wildman–Crippen LogP) is 1.46. The lowest BCUT2D eigenvalue weighted by molar-refractivity contribution is -0.134. The number of piperazine rings is 1. The highest BCUT2D eigenvalue weighted by molar-refractivity contribution is 7.98. The fourth-order valence-corrected chi connectivity index (χ4v) is 3.95. The number of aryl methyl sites for hydroxylation is 1. The summed E-state index contributed by atoms with van der Waals surface area (Å²) in [4.78, 5) is 31.4. The minimum Gasteiger partial charge on any atom is -0.353 e. The van der Waals surface area contributed by atoms with Crippen LogP contribution < -0.4 is 10.6 Å². The third-order valence-electron chi connectivity index (χ3n) is 5.15. The van der Waals surface area contributed by atoms with Gasteiger partial charge in [-0.25, -0.2) is 4.98 Å². The molecule has 2 aromatic rings. The van der Waals surface area contributed by atoms with Crippen molar-refractivity contribution in [3.63, 3.8) is 0 Å². The summed E-state index contributed by atoms with van der Waals surface area (Å²) < 4.78 is 1.96. The normalized spacial score (nSPS) is 17.4. The molecule has 2 N–H and O–H groups in total. The molecular weight excluding hydrogens is 374 g/mol. The zero-order valence-electron chi connectivity index (χ0n) is 16.6. The summed E-state index contributed by atoms with van der Waals surface area (Å²) in [5, 5.41) is 6.71. The van der Waals surface area contributed by atoms with Crippen LogP contribution in [0.4, 0.5) is 0 Å². The molecule has 8 heteroatoms. The molecular formula is C20H27N5O2S. The number of rotatable bonds is 7. The van der Waals surface area contributed by atoms with E-state index in [4.69, 9.17) is 0 Å². The highest BCUT2D eigenvalue weighted by atomic mass is 32.2. The summed E-state index contributed by atoms with van der Waals surface area (Å²) >= 11 is 1.56. The van der Waals surface area contributed by atoms with Gasteiger partial charge in [-0.1, -0.05) is 36.0 Å². The Labute approximate surface area is 169 Å². The number of thioether (sulfide) groups is 1. The third-order valence-corrected chi connectivity index (χ3v) is 5.89. The lowest BCUT2D eigenvalue weighted by Crippen LogP contribution is -2.56. The van der Waals surface area contributed by atoms with Gasteiger partial charge in [0, 0.05) is 26.7 Å². The summed E-state index contributed by atoms with van der Waals surface area (Å²) in [6, 6.07) is 7.70. The zero-order chi connectivity index (χ0) is 20.1. The fraction of sp³-hybridized carbons (Fsp3) is 0.450. The molecule has 1 aromatic carbocycles. The van der Waals surface area contributed by atoms with Crippen molar-refractivity contribution in [1.82, 2.24) is 25.1 Å². The molecule has 0 unspecified atom stereocenters. The average molecular weight is 402 g/mol. The van der Waals surface area contributed by atoms with Gasteiger partial charge in [-0.2, -0.15) is 0 Å². The molecule has 7 nitrogen and oxygen atoms in total. The molecule has 1 aromatic heterocycles. The van der Waals surface area contributed by atoms with Crippen molar-refractivity contribution >= 4 is 23.6 Å². The Morgan fingerprint density at radius 1 is 1.39 bits per heavy atom. The monoisotopic (exact) mass is 401 g/mol. The van der Waals surface area contributed by atoms with Gasteiger partial charge in [0.05, 0.1) is 30.9 Å². The van der Waals surface area contributed by atoms with E-state index in [0.29, 0.717) is 19.6 Å². The SMILES string of the molecule is CSc1ncc(CNC(=O)C[C@@H]2C(=O)NCCN2Cc2ccccc2C)n1C. The lowest BCUT2D eigenvalue weighted by atomic mass is 10.0. The van der Waals surface area contributed by atoms with Crippen LogP contribution in [0.15, 0.2) is 35.6 Å². The number of carbonyl (C=O) groups excluding carboxylic acids is 2. The Kier molecular flexibility index (Phi) is 6.74. The van der Waals surface area contributed by atoms with Gasteiger partial charge in [0.15, 0.2) is 5.16 Å². The van der Waals surface area contributed by atoms with Gasteiger partial charge in [0.25, 0.3) is 0 Å². The van der Waals surface area contributed by atoms with Crippen LogP contribution in [-0.2, 0) is 29.7 Å². The maximum atomic E-state index is 12.5. The summed E-state index contributed by atoms with van der Waals surface area (Å²) in [5.41, 5.74) is 3.31. The molecule has 0 saturated carbocycles. The fourth-order valence-electron chi connectivity index (χ4n) is 3.40. The Bertz CT molecular complexity index is 851. The first-order chi connectivity index (χ1) is 13.5. The number of carbonyl (C=O) groups is 2. The second-order valence-electron chi connectivity index (χ2n) is 6.98. The van der Waals surface area contributed by atoms with Gasteiger partial charge < -0.3 is 15.2 Å². The Hall–Kier alpha value is -2.32. The lowest BCUT2D eigenvalue weighted by Gasteiger charge is -2.35. The van der Waals surface area contributed by atoms with E-state index in [2.05, 4.69) is 39.6 Å². The summed E-state index contributed by atoms with van der Waals surface area (Å²) in [6.07, 6.45) is 3.88. The number of benzene rings is 1. The summed E-state index contributed by atoms with van der Waals surface area (Å²) in [5.74, 6) is -0.219. The van der Waals surface area contributed by atoms with Gasteiger partial charge >= 0.3 is 0 Å². The quantitative estimate of drug-likeness (QED) is 0.687. The second kappa shape index (κ2) is 9.25. The number of hydrogen-bond donors (Lipinski definition) is 2. The van der Waals surface area contributed by atoms with Gasteiger partial charge in [-0.3, -0.25) is 14.5 Å². The van der Waals surface area contributed by atoms with Crippen LogP contribution in [0.25, 0.3) is 0 Å². The van der Waals surface area contributed by atoms with Gasteiger partial charge in [-0.15, -0.1) is 0 Å². The highest BCUT2D eigenvalue weighted by Gasteiger charge is 2.31. The smallest absolute Gasteiger partial charge is 0.237 e. The van der Waals surface area contributed by atoms with E-state index in [9.17, 15) is 9.59 Å². The molecule has 1 atom stereocenters. The zero-order valence-corrected chi connectivity index (χ0v) is 17.4. The van der Waals surface area contributed by atoms with Crippen molar-refractivity contribution in [2.45, 2.75) is 37.6 Å². The minimum absolute atomic E-state index is 0.0832. The first kappa shape index (κ1) is 20.4. The average Bonchev–Trinajstić information content (AvgIpc) is 3.04. The van der Waals surface area contributed by atoms with Gasteiger partial charge in [-0.05, 0) is 24.3 Å². The largest absolute Gasteiger partial charge is 0.353 e. The van der Waals surface area contributed by atoms with E-state index in [0.717, 1.165) is 17.4 Å². The van der Waals surface area contributed by atoms with Crippen molar-refractivity contribution in [2.24, 2.45) is 7.05 Å². The predicted molar refractivity (Wildman–Crippen MR) is 110 cm³/mol. The summed E-state index contributed by atoms with van der Waals surface area (Å²) in [7, 11) is 1.93. The molecule has 2 amide bonds. The Morgan fingerprint density at radius 3 is 2.89 bits per heavy atom. The van der Waals surface area contributed by atoms with E-state index in [1.807, 2.05) is 30.0 Å². The molecule has 1 aliphatic heterocycles. The van der Waals surface area contributed by atoms with Gasteiger partial charge in [0.2, 0.25) is 11.8 Å². The number of hydrogen-bond acceptors (Lipinski definition) is 5. The van der Waals surface area contributed by atoms with Crippen LogP contribution in [-0.4, -0.2) is 51.7 Å². The Morgan fingerprint density at radius 2 is 2.18 bits per heavy atom. The van der Waals surface area contributed by atoms with E-state index in [-0.39, 0.29) is 18.2 Å².